The Morgan fingerprint density at radius 2 is 1.96 bits per heavy atom. The highest BCUT2D eigenvalue weighted by Gasteiger charge is 2.53. The zero-order valence-corrected chi connectivity index (χ0v) is 14.6. The van der Waals surface area contributed by atoms with E-state index in [4.69, 9.17) is 0 Å². The summed E-state index contributed by atoms with van der Waals surface area (Å²) < 4.78 is 2.21. The topological polar surface area (TPSA) is 78.6 Å². The average Bonchev–Trinajstić information content (AvgIpc) is 3.31. The van der Waals surface area contributed by atoms with Crippen LogP contribution in [0.1, 0.15) is 37.3 Å². The minimum Gasteiger partial charge on any atom is -0.465 e. The summed E-state index contributed by atoms with van der Waals surface area (Å²) in [5.74, 6) is 0.142. The highest BCUT2D eigenvalue weighted by Crippen LogP contribution is 2.55. The normalized spacial score (nSPS) is 29.0. The third kappa shape index (κ3) is 2.08. The van der Waals surface area contributed by atoms with Gasteiger partial charge in [0.05, 0.1) is 30.4 Å². The van der Waals surface area contributed by atoms with Crippen molar-refractivity contribution < 1.29 is 15.0 Å². The van der Waals surface area contributed by atoms with E-state index in [-0.39, 0.29) is 17.4 Å². The summed E-state index contributed by atoms with van der Waals surface area (Å²) in [6, 6.07) is 8.53. The molecule has 1 saturated carbocycles. The maximum absolute atomic E-state index is 11.3. The van der Waals surface area contributed by atoms with Gasteiger partial charge in [-0.2, -0.15) is 0 Å². The number of hydrogen-bond acceptors (Lipinski definition) is 3. The molecule has 136 valence electrons. The van der Waals surface area contributed by atoms with Crippen molar-refractivity contribution in [3.8, 4) is 11.3 Å². The van der Waals surface area contributed by atoms with Gasteiger partial charge >= 0.3 is 6.09 Å². The number of nitrogens with zero attached hydrogens (tertiary/aromatic N) is 3. The lowest BCUT2D eigenvalue weighted by Crippen LogP contribution is -2.47. The second-order valence-corrected chi connectivity index (χ2v) is 8.00. The molecule has 0 radical (unpaired) electrons. The van der Waals surface area contributed by atoms with E-state index in [9.17, 15) is 15.0 Å². The van der Waals surface area contributed by atoms with Crippen molar-refractivity contribution in [2.24, 2.45) is 11.3 Å². The molecule has 3 heterocycles. The van der Waals surface area contributed by atoms with Crippen LogP contribution in [-0.2, 0) is 0 Å². The van der Waals surface area contributed by atoms with Gasteiger partial charge in [-0.25, -0.2) is 9.78 Å². The Morgan fingerprint density at radius 3 is 2.73 bits per heavy atom. The van der Waals surface area contributed by atoms with E-state index in [0.29, 0.717) is 13.1 Å². The fourth-order valence-corrected chi connectivity index (χ4v) is 5.54. The first kappa shape index (κ1) is 15.9. The zero-order chi connectivity index (χ0) is 17.9. The summed E-state index contributed by atoms with van der Waals surface area (Å²) in [6.45, 7) is 1.05. The summed E-state index contributed by atoms with van der Waals surface area (Å²) in [5.41, 5.74) is 3.46. The Labute approximate surface area is 152 Å². The summed E-state index contributed by atoms with van der Waals surface area (Å²) in [4.78, 5) is 17.0. The smallest absolute Gasteiger partial charge is 0.407 e. The number of aliphatic hydroxyl groups excluding tert-OH is 1. The molecule has 2 aromatic rings. The molecular weight excluding hydrogens is 330 g/mol. The maximum atomic E-state index is 11.3. The largest absolute Gasteiger partial charge is 0.465 e. The van der Waals surface area contributed by atoms with Gasteiger partial charge in [0.15, 0.2) is 0 Å². The molecule has 6 heteroatoms. The number of imidazole rings is 1. The summed E-state index contributed by atoms with van der Waals surface area (Å²) in [6.07, 6.45) is 5.96. The van der Waals surface area contributed by atoms with Crippen LogP contribution < -0.4 is 0 Å². The first-order chi connectivity index (χ1) is 12.6. The Morgan fingerprint density at radius 1 is 1.19 bits per heavy atom. The monoisotopic (exact) mass is 353 g/mol. The molecule has 1 spiro atoms. The molecule has 3 atom stereocenters. The predicted octanol–water partition coefficient (Wildman–Crippen LogP) is 2.98. The van der Waals surface area contributed by atoms with E-state index in [1.165, 1.54) is 16.0 Å². The van der Waals surface area contributed by atoms with Crippen molar-refractivity contribution in [1.82, 2.24) is 14.5 Å². The third-order valence-electron chi connectivity index (χ3n) is 6.96. The Kier molecular flexibility index (Phi) is 3.41. The van der Waals surface area contributed by atoms with Gasteiger partial charge in [-0.05, 0) is 31.2 Å². The molecular formula is C20H23N3O3. The lowest BCUT2D eigenvalue weighted by molar-refractivity contribution is -0.0227. The van der Waals surface area contributed by atoms with Crippen LogP contribution in [0.4, 0.5) is 4.79 Å². The van der Waals surface area contributed by atoms with Crippen LogP contribution in [0.25, 0.3) is 11.3 Å². The van der Waals surface area contributed by atoms with Crippen LogP contribution >= 0.6 is 0 Å². The van der Waals surface area contributed by atoms with Crippen molar-refractivity contribution in [2.75, 3.05) is 13.1 Å². The van der Waals surface area contributed by atoms with Gasteiger partial charge in [-0.3, -0.25) is 0 Å². The van der Waals surface area contributed by atoms with E-state index >= 15 is 0 Å². The first-order valence-electron chi connectivity index (χ1n) is 9.38. The minimum atomic E-state index is -0.850. The summed E-state index contributed by atoms with van der Waals surface area (Å²) in [5, 5.41) is 20.5. The van der Waals surface area contributed by atoms with Crippen molar-refractivity contribution in [3.63, 3.8) is 0 Å². The minimum absolute atomic E-state index is 0.121. The van der Waals surface area contributed by atoms with Gasteiger partial charge in [0, 0.05) is 30.0 Å². The Bertz CT molecular complexity index is 853. The second-order valence-electron chi connectivity index (χ2n) is 8.00. The number of aromatic nitrogens is 2. The Hall–Kier alpha value is -2.34. The molecule has 3 aliphatic rings. The number of amides is 1. The van der Waals surface area contributed by atoms with Crippen LogP contribution in [0.3, 0.4) is 0 Å². The van der Waals surface area contributed by atoms with Gasteiger partial charge in [0.1, 0.15) is 0 Å². The van der Waals surface area contributed by atoms with E-state index in [1.54, 1.807) is 0 Å². The molecule has 2 fully saturated rings. The maximum Gasteiger partial charge on any atom is 0.407 e. The van der Waals surface area contributed by atoms with Crippen LogP contribution in [0, 0.1) is 11.3 Å². The molecule has 1 aliphatic carbocycles. The van der Waals surface area contributed by atoms with Gasteiger partial charge in [-0.1, -0.05) is 24.3 Å². The lowest BCUT2D eigenvalue weighted by Gasteiger charge is -2.42. The first-order valence-corrected chi connectivity index (χ1v) is 9.38. The molecule has 26 heavy (non-hydrogen) atoms. The number of benzene rings is 1. The quantitative estimate of drug-likeness (QED) is 0.826. The molecule has 6 nitrogen and oxygen atoms in total. The molecule has 1 saturated heterocycles. The standard InChI is InChI=1S/C20H23N3O3/c24-18-15(5-6-20(18)7-9-22(10-8-20)19(25)26)17-14-4-2-1-3-13(14)16-11-21-12-23(16)17/h1-4,11-12,15,17-18,24H,5-10H2,(H,25,26)/t15-,17?,18-/m1/s1. The second kappa shape index (κ2) is 5.58. The average molecular weight is 353 g/mol. The molecule has 1 unspecified atom stereocenters. The lowest BCUT2D eigenvalue weighted by atomic mass is 9.73. The molecule has 2 aliphatic heterocycles. The SMILES string of the molecule is O=C(O)N1CCC2(CC[C@H](C3c4ccccc4-c4cncn43)[C@H]2O)CC1. The van der Waals surface area contributed by atoms with Crippen LogP contribution in [0.2, 0.25) is 0 Å². The molecule has 1 aromatic heterocycles. The zero-order valence-electron chi connectivity index (χ0n) is 14.6. The number of likely N-dealkylation sites (tertiary alicyclic amines) is 1. The summed E-state index contributed by atoms with van der Waals surface area (Å²) >= 11 is 0. The number of rotatable bonds is 1. The summed E-state index contributed by atoms with van der Waals surface area (Å²) in [7, 11) is 0. The molecule has 1 amide bonds. The highest BCUT2D eigenvalue weighted by atomic mass is 16.4. The number of fused-ring (bicyclic) bond motifs is 3. The Balaban J connectivity index is 1.45. The molecule has 2 N–H and O–H groups in total. The van der Waals surface area contributed by atoms with E-state index < -0.39 is 12.2 Å². The fourth-order valence-electron chi connectivity index (χ4n) is 5.54. The van der Waals surface area contributed by atoms with Crippen LogP contribution in [0.15, 0.2) is 36.8 Å². The fraction of sp³-hybridized carbons (Fsp3) is 0.500. The van der Waals surface area contributed by atoms with Gasteiger partial charge in [0.2, 0.25) is 0 Å². The van der Waals surface area contributed by atoms with Gasteiger partial charge < -0.3 is 19.7 Å². The molecule has 1 aromatic carbocycles. The van der Waals surface area contributed by atoms with Crippen LogP contribution in [-0.4, -0.2) is 50.0 Å². The number of piperidine rings is 1. The van der Waals surface area contributed by atoms with E-state index in [2.05, 4.69) is 27.8 Å². The molecule has 0 bridgehead atoms. The van der Waals surface area contributed by atoms with E-state index in [0.717, 1.165) is 31.4 Å². The van der Waals surface area contributed by atoms with Gasteiger partial charge in [0.25, 0.3) is 0 Å². The van der Waals surface area contributed by atoms with Crippen molar-refractivity contribution in [2.45, 2.75) is 37.8 Å². The third-order valence-corrected chi connectivity index (χ3v) is 6.96. The van der Waals surface area contributed by atoms with Crippen molar-refractivity contribution in [3.05, 3.63) is 42.4 Å². The number of carboxylic acid groups (broad SMARTS) is 1. The van der Waals surface area contributed by atoms with Crippen molar-refractivity contribution >= 4 is 6.09 Å². The number of carbonyl (C=O) groups is 1. The van der Waals surface area contributed by atoms with Crippen LogP contribution in [0.5, 0.6) is 0 Å². The highest BCUT2D eigenvalue weighted by molar-refractivity contribution is 5.69. The number of aliphatic hydroxyl groups is 1. The van der Waals surface area contributed by atoms with Gasteiger partial charge in [-0.15, -0.1) is 0 Å². The predicted molar refractivity (Wildman–Crippen MR) is 95.8 cm³/mol. The molecule has 5 rings (SSSR count). The number of hydrogen-bond donors (Lipinski definition) is 2. The van der Waals surface area contributed by atoms with E-state index in [1.807, 2.05) is 18.6 Å². The van der Waals surface area contributed by atoms with Crippen molar-refractivity contribution in [1.29, 1.82) is 0 Å².